The zero-order valence-electron chi connectivity index (χ0n) is 12.9. The highest BCUT2D eigenvalue weighted by Gasteiger charge is 2.15. The second-order valence-corrected chi connectivity index (χ2v) is 6.37. The van der Waals surface area contributed by atoms with Gasteiger partial charge >= 0.3 is 0 Å². The van der Waals surface area contributed by atoms with Gasteiger partial charge in [0.15, 0.2) is 5.82 Å². The Morgan fingerprint density at radius 3 is 2.88 bits per heavy atom. The molecular weight excluding hydrogens is 329 g/mol. The molecule has 24 heavy (non-hydrogen) atoms. The molecule has 2 aromatic heterocycles. The SMILES string of the molecule is COc1cc(F)c2nc(-c3cccc4c(=O)n(C)cnc34)sc2c1. The van der Waals surface area contributed by atoms with E-state index in [0.29, 0.717) is 31.9 Å². The van der Waals surface area contributed by atoms with Gasteiger partial charge in [0.1, 0.15) is 16.3 Å². The van der Waals surface area contributed by atoms with Gasteiger partial charge in [0, 0.05) is 18.7 Å². The number of rotatable bonds is 2. The fourth-order valence-corrected chi connectivity index (χ4v) is 3.65. The molecule has 2 heterocycles. The Labute approximate surface area is 140 Å². The lowest BCUT2D eigenvalue weighted by molar-refractivity contribution is 0.412. The highest BCUT2D eigenvalue weighted by atomic mass is 32.1. The number of hydrogen-bond donors (Lipinski definition) is 0. The fourth-order valence-electron chi connectivity index (χ4n) is 2.61. The number of para-hydroxylation sites is 1. The van der Waals surface area contributed by atoms with Gasteiger partial charge < -0.3 is 9.30 Å². The quantitative estimate of drug-likeness (QED) is 0.561. The molecule has 4 aromatic rings. The van der Waals surface area contributed by atoms with Crippen molar-refractivity contribution in [1.82, 2.24) is 14.5 Å². The number of methoxy groups -OCH3 is 1. The summed E-state index contributed by atoms with van der Waals surface area (Å²) in [6, 6.07) is 8.40. The average Bonchev–Trinajstić information content (AvgIpc) is 3.02. The van der Waals surface area contributed by atoms with E-state index in [9.17, 15) is 9.18 Å². The van der Waals surface area contributed by atoms with Gasteiger partial charge in [0.25, 0.3) is 5.56 Å². The Kier molecular flexibility index (Phi) is 3.31. The molecule has 0 saturated carbocycles. The van der Waals surface area contributed by atoms with Crippen LogP contribution in [0.25, 0.3) is 31.7 Å². The second kappa shape index (κ2) is 5.38. The van der Waals surface area contributed by atoms with Gasteiger partial charge in [0.2, 0.25) is 0 Å². The van der Waals surface area contributed by atoms with E-state index in [1.807, 2.05) is 6.07 Å². The first-order valence-electron chi connectivity index (χ1n) is 7.17. The van der Waals surface area contributed by atoms with Crippen LogP contribution in [0, 0.1) is 5.82 Å². The van der Waals surface area contributed by atoms with E-state index < -0.39 is 5.82 Å². The van der Waals surface area contributed by atoms with Crippen molar-refractivity contribution in [3.63, 3.8) is 0 Å². The monoisotopic (exact) mass is 341 g/mol. The van der Waals surface area contributed by atoms with Crippen LogP contribution >= 0.6 is 11.3 Å². The molecule has 5 nitrogen and oxygen atoms in total. The smallest absolute Gasteiger partial charge is 0.260 e. The molecular formula is C17H12FN3O2S. The lowest BCUT2D eigenvalue weighted by Gasteiger charge is -2.04. The molecule has 0 N–H and O–H groups in total. The molecule has 0 aliphatic rings. The molecule has 0 unspecified atom stereocenters. The third kappa shape index (κ3) is 2.16. The van der Waals surface area contributed by atoms with Crippen LogP contribution < -0.4 is 10.3 Å². The lowest BCUT2D eigenvalue weighted by Crippen LogP contribution is -2.16. The van der Waals surface area contributed by atoms with E-state index in [4.69, 9.17) is 4.74 Å². The van der Waals surface area contributed by atoms with Gasteiger partial charge in [-0.15, -0.1) is 11.3 Å². The standard InChI is InChI=1S/C17H12FN3O2S/c1-21-8-19-14-10(4-3-5-11(14)17(21)22)16-20-15-12(18)6-9(23-2)7-13(15)24-16/h3-8H,1-2H3. The molecule has 0 amide bonds. The van der Waals surface area contributed by atoms with E-state index in [1.54, 1.807) is 25.2 Å². The Hall–Kier alpha value is -2.80. The van der Waals surface area contributed by atoms with Crippen LogP contribution in [0.2, 0.25) is 0 Å². The summed E-state index contributed by atoms with van der Waals surface area (Å²) in [5.74, 6) is 0.0103. The number of aromatic nitrogens is 3. The summed E-state index contributed by atoms with van der Waals surface area (Å²) < 4.78 is 21.4. The number of benzene rings is 2. The minimum atomic E-state index is -0.434. The Balaban J connectivity index is 2.01. The van der Waals surface area contributed by atoms with Gasteiger partial charge in [-0.25, -0.2) is 14.4 Å². The molecule has 7 heteroatoms. The van der Waals surface area contributed by atoms with Crippen molar-refractivity contribution in [2.45, 2.75) is 0 Å². The van der Waals surface area contributed by atoms with Crippen molar-refractivity contribution in [2.75, 3.05) is 7.11 Å². The molecule has 0 saturated heterocycles. The molecule has 0 aliphatic heterocycles. The van der Waals surface area contributed by atoms with Crippen LogP contribution in [-0.2, 0) is 7.05 Å². The third-order valence-electron chi connectivity index (χ3n) is 3.83. The number of halogens is 1. The number of fused-ring (bicyclic) bond motifs is 2. The molecule has 4 rings (SSSR count). The minimum Gasteiger partial charge on any atom is -0.497 e. The summed E-state index contributed by atoms with van der Waals surface area (Å²) in [5.41, 5.74) is 1.43. The molecule has 0 bridgehead atoms. The maximum Gasteiger partial charge on any atom is 0.260 e. The van der Waals surface area contributed by atoms with Crippen molar-refractivity contribution in [3.8, 4) is 16.3 Å². The summed E-state index contributed by atoms with van der Waals surface area (Å²) in [7, 11) is 3.15. The summed E-state index contributed by atoms with van der Waals surface area (Å²) in [4.78, 5) is 21.0. The number of thiazole rings is 1. The summed E-state index contributed by atoms with van der Waals surface area (Å²) >= 11 is 1.34. The number of aryl methyl sites for hydroxylation is 1. The van der Waals surface area contributed by atoms with E-state index in [1.165, 1.54) is 35.4 Å². The molecule has 0 fully saturated rings. The second-order valence-electron chi connectivity index (χ2n) is 5.34. The molecule has 0 aliphatic carbocycles. The van der Waals surface area contributed by atoms with Gasteiger partial charge in [-0.1, -0.05) is 6.07 Å². The van der Waals surface area contributed by atoms with Gasteiger partial charge in [-0.05, 0) is 18.2 Å². The van der Waals surface area contributed by atoms with E-state index in [0.717, 1.165) is 0 Å². The van der Waals surface area contributed by atoms with Crippen LogP contribution in [0.5, 0.6) is 5.75 Å². The predicted octanol–water partition coefficient (Wildman–Crippen LogP) is 3.36. The topological polar surface area (TPSA) is 57.0 Å². The summed E-state index contributed by atoms with van der Waals surface area (Å²) in [5, 5.41) is 1.12. The first-order valence-corrected chi connectivity index (χ1v) is 7.99. The maximum absolute atomic E-state index is 14.2. The zero-order valence-corrected chi connectivity index (χ0v) is 13.7. The van der Waals surface area contributed by atoms with Crippen LogP contribution in [0.3, 0.4) is 0 Å². The van der Waals surface area contributed by atoms with E-state index in [2.05, 4.69) is 9.97 Å². The maximum atomic E-state index is 14.2. The minimum absolute atomic E-state index is 0.129. The summed E-state index contributed by atoms with van der Waals surface area (Å²) in [6.45, 7) is 0. The molecule has 0 spiro atoms. The largest absolute Gasteiger partial charge is 0.497 e. The lowest BCUT2D eigenvalue weighted by atomic mass is 10.1. The molecule has 120 valence electrons. The number of ether oxygens (including phenoxy) is 1. The van der Waals surface area contributed by atoms with Crippen molar-refractivity contribution in [3.05, 3.63) is 52.8 Å². The highest BCUT2D eigenvalue weighted by molar-refractivity contribution is 7.21. The molecule has 0 radical (unpaired) electrons. The average molecular weight is 341 g/mol. The predicted molar refractivity (Wildman–Crippen MR) is 92.1 cm³/mol. The normalized spacial score (nSPS) is 11.3. The summed E-state index contributed by atoms with van der Waals surface area (Å²) in [6.07, 6.45) is 1.48. The fraction of sp³-hybridized carbons (Fsp3) is 0.118. The number of nitrogens with zero attached hydrogens (tertiary/aromatic N) is 3. The Morgan fingerprint density at radius 2 is 2.08 bits per heavy atom. The van der Waals surface area contributed by atoms with Gasteiger partial charge in [0.05, 0.1) is 29.0 Å². The van der Waals surface area contributed by atoms with Crippen molar-refractivity contribution in [2.24, 2.45) is 7.05 Å². The Bertz CT molecular complexity index is 1150. The molecule has 0 atom stereocenters. The van der Waals surface area contributed by atoms with Crippen LogP contribution in [0.15, 0.2) is 41.5 Å². The third-order valence-corrected chi connectivity index (χ3v) is 4.87. The first-order chi connectivity index (χ1) is 11.6. The zero-order chi connectivity index (χ0) is 16.8. The van der Waals surface area contributed by atoms with Gasteiger partial charge in [-0.3, -0.25) is 4.79 Å². The Morgan fingerprint density at radius 1 is 1.25 bits per heavy atom. The van der Waals surface area contributed by atoms with Crippen molar-refractivity contribution >= 4 is 32.5 Å². The van der Waals surface area contributed by atoms with E-state index in [-0.39, 0.29) is 11.1 Å². The van der Waals surface area contributed by atoms with Crippen LogP contribution in [0.1, 0.15) is 0 Å². The van der Waals surface area contributed by atoms with E-state index >= 15 is 0 Å². The van der Waals surface area contributed by atoms with Crippen LogP contribution in [0.4, 0.5) is 4.39 Å². The number of hydrogen-bond acceptors (Lipinski definition) is 5. The van der Waals surface area contributed by atoms with Gasteiger partial charge in [-0.2, -0.15) is 0 Å². The van der Waals surface area contributed by atoms with Crippen LogP contribution in [-0.4, -0.2) is 21.6 Å². The van der Waals surface area contributed by atoms with Crippen molar-refractivity contribution < 1.29 is 9.13 Å². The van der Waals surface area contributed by atoms with Crippen molar-refractivity contribution in [1.29, 1.82) is 0 Å². The highest BCUT2D eigenvalue weighted by Crippen LogP contribution is 2.35. The molecule has 2 aromatic carbocycles. The first kappa shape index (κ1) is 14.8.